The van der Waals surface area contributed by atoms with E-state index >= 15 is 0 Å². The van der Waals surface area contributed by atoms with Crippen LogP contribution < -0.4 is 11.3 Å². The van der Waals surface area contributed by atoms with Crippen LogP contribution in [0, 0.1) is 5.92 Å². The summed E-state index contributed by atoms with van der Waals surface area (Å²) in [7, 11) is 2.04. The maximum Gasteiger partial charge on any atom is 0.238 e. The maximum absolute atomic E-state index is 11.4. The number of likely N-dealkylation sites (N-methyl/N-ethyl adjacent to an activating group) is 1. The second kappa shape index (κ2) is 6.74. The van der Waals surface area contributed by atoms with Gasteiger partial charge in [0.25, 0.3) is 0 Å². The minimum absolute atomic E-state index is 0.103. The molecule has 17 heavy (non-hydrogen) atoms. The molecule has 0 aliphatic carbocycles. The Morgan fingerprint density at radius 1 is 1.59 bits per heavy atom. The van der Waals surface area contributed by atoms with Gasteiger partial charge in [-0.2, -0.15) is 0 Å². The summed E-state index contributed by atoms with van der Waals surface area (Å²) in [6.45, 7) is 4.90. The van der Waals surface area contributed by atoms with Crippen LogP contribution in [-0.2, 0) is 11.2 Å². The van der Waals surface area contributed by atoms with E-state index in [9.17, 15) is 4.79 Å². The number of rotatable bonds is 6. The first kappa shape index (κ1) is 14.2. The molecule has 0 saturated heterocycles. The van der Waals surface area contributed by atoms with Crippen LogP contribution >= 0.6 is 11.3 Å². The van der Waals surface area contributed by atoms with Gasteiger partial charge in [-0.1, -0.05) is 13.0 Å². The number of nitrogens with two attached hydrogens (primary N) is 1. The van der Waals surface area contributed by atoms with Crippen LogP contribution in [0.2, 0.25) is 0 Å². The lowest BCUT2D eigenvalue weighted by Gasteiger charge is -2.28. The normalized spacial score (nSPS) is 14.6. The molecule has 0 aliphatic heterocycles. The Morgan fingerprint density at radius 2 is 2.29 bits per heavy atom. The number of nitrogens with zero attached hydrogens (tertiary/aromatic N) is 1. The molecule has 1 amide bonds. The molecule has 1 aromatic rings. The van der Waals surface area contributed by atoms with E-state index in [2.05, 4.69) is 27.8 Å². The first-order chi connectivity index (χ1) is 8.06. The van der Waals surface area contributed by atoms with E-state index in [1.165, 1.54) is 4.88 Å². The lowest BCUT2D eigenvalue weighted by Crippen LogP contribution is -2.45. The summed E-state index contributed by atoms with van der Waals surface area (Å²) in [5.41, 5.74) is 2.21. The van der Waals surface area contributed by atoms with Crippen LogP contribution in [0.25, 0.3) is 0 Å². The molecular weight excluding hydrogens is 234 g/mol. The first-order valence-corrected chi connectivity index (χ1v) is 6.67. The molecule has 96 valence electrons. The molecule has 0 aliphatic rings. The molecule has 0 aromatic carbocycles. The van der Waals surface area contributed by atoms with E-state index in [1.807, 2.05) is 20.9 Å². The van der Waals surface area contributed by atoms with Gasteiger partial charge in [0.1, 0.15) is 0 Å². The molecule has 2 atom stereocenters. The Labute approximate surface area is 107 Å². The average Bonchev–Trinajstić information content (AvgIpc) is 2.86. The number of hydrazine groups is 1. The zero-order chi connectivity index (χ0) is 12.8. The highest BCUT2D eigenvalue weighted by atomic mass is 32.1. The Balaban J connectivity index is 2.41. The van der Waals surface area contributed by atoms with Crippen molar-refractivity contribution in [3.05, 3.63) is 22.4 Å². The van der Waals surface area contributed by atoms with Gasteiger partial charge < -0.3 is 4.90 Å². The van der Waals surface area contributed by atoms with Crippen molar-refractivity contribution in [1.82, 2.24) is 10.3 Å². The van der Waals surface area contributed by atoms with Crippen LogP contribution in [0.4, 0.5) is 0 Å². The van der Waals surface area contributed by atoms with E-state index in [1.54, 1.807) is 11.3 Å². The molecule has 4 nitrogen and oxygen atoms in total. The van der Waals surface area contributed by atoms with Crippen molar-refractivity contribution in [2.24, 2.45) is 11.8 Å². The van der Waals surface area contributed by atoms with E-state index in [0.29, 0.717) is 0 Å². The van der Waals surface area contributed by atoms with Gasteiger partial charge >= 0.3 is 0 Å². The number of carbonyl (C=O) groups is 1. The Hall–Kier alpha value is -0.910. The second-order valence-electron chi connectivity index (χ2n) is 4.35. The van der Waals surface area contributed by atoms with Crippen LogP contribution in [0.3, 0.4) is 0 Å². The van der Waals surface area contributed by atoms with E-state index in [-0.39, 0.29) is 17.9 Å². The third kappa shape index (κ3) is 4.11. The van der Waals surface area contributed by atoms with Crippen LogP contribution in [0.15, 0.2) is 17.5 Å². The SMILES string of the molecule is CC(C(=O)NN)C(C)N(C)CCc1cccs1. The average molecular weight is 255 g/mol. The summed E-state index contributed by atoms with van der Waals surface area (Å²) in [5.74, 6) is 4.93. The number of hydrogen-bond acceptors (Lipinski definition) is 4. The minimum Gasteiger partial charge on any atom is -0.303 e. The predicted octanol–water partition coefficient (Wildman–Crippen LogP) is 1.24. The third-order valence-corrected chi connectivity index (χ3v) is 4.20. The van der Waals surface area contributed by atoms with Crippen molar-refractivity contribution in [3.63, 3.8) is 0 Å². The van der Waals surface area contributed by atoms with Gasteiger partial charge in [0.15, 0.2) is 0 Å². The topological polar surface area (TPSA) is 58.4 Å². The molecular formula is C12H21N3OS. The predicted molar refractivity (Wildman–Crippen MR) is 71.6 cm³/mol. The number of amides is 1. The summed E-state index contributed by atoms with van der Waals surface area (Å²) in [6, 6.07) is 4.38. The molecule has 0 bridgehead atoms. The summed E-state index contributed by atoms with van der Waals surface area (Å²) in [6.07, 6.45) is 1.02. The van der Waals surface area contributed by atoms with Gasteiger partial charge in [-0.25, -0.2) is 5.84 Å². The molecule has 5 heteroatoms. The van der Waals surface area contributed by atoms with Crippen LogP contribution in [0.5, 0.6) is 0 Å². The Morgan fingerprint density at radius 3 is 2.82 bits per heavy atom. The fourth-order valence-corrected chi connectivity index (χ4v) is 2.38. The minimum atomic E-state index is -0.111. The van der Waals surface area contributed by atoms with Crippen LogP contribution in [-0.4, -0.2) is 30.4 Å². The quantitative estimate of drug-likeness (QED) is 0.457. The van der Waals surface area contributed by atoms with Crippen molar-refractivity contribution in [2.45, 2.75) is 26.3 Å². The summed E-state index contributed by atoms with van der Waals surface area (Å²) in [4.78, 5) is 15.0. The molecule has 0 radical (unpaired) electrons. The standard InChI is InChI=1S/C12H21N3OS/c1-9(12(16)14-13)10(2)15(3)7-6-11-5-4-8-17-11/h4-5,8-10H,6-7,13H2,1-3H3,(H,14,16). The maximum atomic E-state index is 11.4. The summed E-state index contributed by atoms with van der Waals surface area (Å²) >= 11 is 1.77. The van der Waals surface area contributed by atoms with Crippen LogP contribution in [0.1, 0.15) is 18.7 Å². The number of nitrogens with one attached hydrogen (secondary N) is 1. The molecule has 1 rings (SSSR count). The molecule has 0 fully saturated rings. The fraction of sp³-hybridized carbons (Fsp3) is 0.583. The summed E-state index contributed by atoms with van der Waals surface area (Å²) in [5, 5.41) is 2.09. The monoisotopic (exact) mass is 255 g/mol. The van der Waals surface area contributed by atoms with Gasteiger partial charge in [0, 0.05) is 17.5 Å². The van der Waals surface area contributed by atoms with Crippen molar-refractivity contribution in [1.29, 1.82) is 0 Å². The zero-order valence-electron chi connectivity index (χ0n) is 10.6. The molecule has 0 spiro atoms. The van der Waals surface area contributed by atoms with Gasteiger partial charge in [-0.05, 0) is 31.8 Å². The van der Waals surface area contributed by atoms with Crippen molar-refractivity contribution in [3.8, 4) is 0 Å². The van der Waals surface area contributed by atoms with Gasteiger partial charge in [-0.15, -0.1) is 11.3 Å². The second-order valence-corrected chi connectivity index (χ2v) is 5.38. The fourth-order valence-electron chi connectivity index (χ4n) is 1.68. The van der Waals surface area contributed by atoms with Crippen molar-refractivity contribution in [2.75, 3.05) is 13.6 Å². The molecule has 2 unspecified atom stereocenters. The number of thiophene rings is 1. The van der Waals surface area contributed by atoms with Crippen molar-refractivity contribution < 1.29 is 4.79 Å². The highest BCUT2D eigenvalue weighted by Crippen LogP contribution is 2.13. The Kier molecular flexibility index (Phi) is 5.61. The lowest BCUT2D eigenvalue weighted by atomic mass is 10.0. The third-order valence-electron chi connectivity index (χ3n) is 3.27. The smallest absolute Gasteiger partial charge is 0.238 e. The van der Waals surface area contributed by atoms with E-state index < -0.39 is 0 Å². The van der Waals surface area contributed by atoms with E-state index in [4.69, 9.17) is 5.84 Å². The molecule has 0 saturated carbocycles. The highest BCUT2D eigenvalue weighted by molar-refractivity contribution is 7.09. The highest BCUT2D eigenvalue weighted by Gasteiger charge is 2.22. The lowest BCUT2D eigenvalue weighted by molar-refractivity contribution is -0.126. The zero-order valence-corrected chi connectivity index (χ0v) is 11.5. The Bertz CT molecular complexity index is 340. The summed E-state index contributed by atoms with van der Waals surface area (Å²) < 4.78 is 0. The van der Waals surface area contributed by atoms with Gasteiger partial charge in [0.2, 0.25) is 5.91 Å². The molecule has 1 heterocycles. The van der Waals surface area contributed by atoms with E-state index in [0.717, 1.165) is 13.0 Å². The number of hydrogen-bond donors (Lipinski definition) is 2. The van der Waals surface area contributed by atoms with Gasteiger partial charge in [0.05, 0.1) is 5.92 Å². The first-order valence-electron chi connectivity index (χ1n) is 5.79. The van der Waals surface area contributed by atoms with Crippen molar-refractivity contribution >= 4 is 17.2 Å². The van der Waals surface area contributed by atoms with Gasteiger partial charge in [-0.3, -0.25) is 10.2 Å². The largest absolute Gasteiger partial charge is 0.303 e. The molecule has 1 aromatic heterocycles. The molecule has 3 N–H and O–H groups in total. The number of carbonyl (C=O) groups excluding carboxylic acids is 1.